The molecule has 0 amide bonds. The van der Waals surface area contributed by atoms with Crippen LogP contribution in [-0.4, -0.2) is 68.1 Å². The molecule has 0 saturated heterocycles. The Bertz CT molecular complexity index is 792. The molecule has 5 N–H and O–H groups in total. The summed E-state index contributed by atoms with van der Waals surface area (Å²) in [7, 11) is 1.31. The summed E-state index contributed by atoms with van der Waals surface area (Å²) in [6, 6.07) is 2.35. The monoisotopic (exact) mass is 336 g/mol. The van der Waals surface area contributed by atoms with Crippen LogP contribution in [0.2, 0.25) is 0 Å². The predicted molar refractivity (Wildman–Crippen MR) is 79.0 cm³/mol. The van der Waals surface area contributed by atoms with Crippen LogP contribution in [0.1, 0.15) is 27.6 Å². The zero-order chi connectivity index (χ0) is 18.0. The molecular formula is C16H16O8. The molecule has 24 heavy (non-hydrogen) atoms. The number of carbonyl (C=O) groups excluding carboxylic acids is 2. The summed E-state index contributed by atoms with van der Waals surface area (Å²) in [6.07, 6.45) is -5.65. The normalized spacial score (nSPS) is 32.5. The number of phenols is 1. The third-order valence-electron chi connectivity index (χ3n) is 4.60. The first-order chi connectivity index (χ1) is 11.1. The van der Waals surface area contributed by atoms with Gasteiger partial charge in [0.2, 0.25) is 0 Å². The average Bonchev–Trinajstić information content (AvgIpc) is 2.53. The third kappa shape index (κ3) is 1.94. The minimum Gasteiger partial charge on any atom is -0.507 e. The van der Waals surface area contributed by atoms with Crippen LogP contribution in [0, 0.1) is 0 Å². The summed E-state index contributed by atoms with van der Waals surface area (Å²) in [6.45, 7) is 1.05. The SMILES string of the molecule is COc1cc(O)c2c(c1)C(=O)C1=C(C2=O)C(O)C(O)[C@@](C)(O)C1O. The zero-order valence-electron chi connectivity index (χ0n) is 12.8. The van der Waals surface area contributed by atoms with E-state index < -0.39 is 52.4 Å². The summed E-state index contributed by atoms with van der Waals surface area (Å²) in [5.41, 5.74) is -3.82. The summed E-state index contributed by atoms with van der Waals surface area (Å²) < 4.78 is 4.95. The highest BCUT2D eigenvalue weighted by Crippen LogP contribution is 2.43. The molecule has 2 aliphatic carbocycles. The van der Waals surface area contributed by atoms with E-state index in [-0.39, 0.29) is 16.9 Å². The topological polar surface area (TPSA) is 145 Å². The quantitative estimate of drug-likeness (QED) is 0.436. The molecule has 0 bridgehead atoms. The van der Waals surface area contributed by atoms with Gasteiger partial charge in [-0.2, -0.15) is 0 Å². The highest BCUT2D eigenvalue weighted by Gasteiger charge is 2.55. The van der Waals surface area contributed by atoms with Crippen LogP contribution in [-0.2, 0) is 0 Å². The van der Waals surface area contributed by atoms with Crippen LogP contribution in [0.3, 0.4) is 0 Å². The van der Waals surface area contributed by atoms with E-state index in [2.05, 4.69) is 0 Å². The molecule has 3 unspecified atom stereocenters. The van der Waals surface area contributed by atoms with Gasteiger partial charge < -0.3 is 30.3 Å². The third-order valence-corrected chi connectivity index (χ3v) is 4.60. The Labute approximate surface area is 136 Å². The van der Waals surface area contributed by atoms with Gasteiger partial charge in [0.25, 0.3) is 0 Å². The van der Waals surface area contributed by atoms with Gasteiger partial charge >= 0.3 is 0 Å². The van der Waals surface area contributed by atoms with Crippen molar-refractivity contribution >= 4 is 11.6 Å². The Hall–Kier alpha value is -2.26. The minimum absolute atomic E-state index is 0.120. The van der Waals surface area contributed by atoms with Gasteiger partial charge in [-0.3, -0.25) is 9.59 Å². The van der Waals surface area contributed by atoms with Crippen LogP contribution in [0.15, 0.2) is 23.3 Å². The number of benzene rings is 1. The Morgan fingerprint density at radius 1 is 1.08 bits per heavy atom. The molecular weight excluding hydrogens is 320 g/mol. The van der Waals surface area contributed by atoms with Gasteiger partial charge in [0.05, 0.1) is 12.7 Å². The molecule has 128 valence electrons. The number of ketones is 2. The minimum atomic E-state index is -2.23. The molecule has 1 aromatic carbocycles. The van der Waals surface area contributed by atoms with E-state index in [1.54, 1.807) is 0 Å². The first kappa shape index (κ1) is 16.6. The Balaban J connectivity index is 2.29. The van der Waals surface area contributed by atoms with Crippen molar-refractivity contribution < 1.29 is 39.9 Å². The molecule has 0 radical (unpaired) electrons. The number of hydrogen-bond acceptors (Lipinski definition) is 8. The number of hydrogen-bond donors (Lipinski definition) is 5. The fourth-order valence-electron chi connectivity index (χ4n) is 3.16. The number of rotatable bonds is 1. The number of fused-ring (bicyclic) bond motifs is 1. The number of methoxy groups -OCH3 is 1. The fourth-order valence-corrected chi connectivity index (χ4v) is 3.16. The van der Waals surface area contributed by atoms with Crippen LogP contribution in [0.5, 0.6) is 11.5 Å². The highest BCUT2D eigenvalue weighted by atomic mass is 16.5. The predicted octanol–water partition coefficient (Wildman–Crippen LogP) is -1.08. The Kier molecular flexibility index (Phi) is 3.54. The van der Waals surface area contributed by atoms with Crippen molar-refractivity contribution in [2.24, 2.45) is 0 Å². The van der Waals surface area contributed by atoms with Crippen LogP contribution < -0.4 is 4.74 Å². The van der Waals surface area contributed by atoms with E-state index in [1.165, 1.54) is 13.2 Å². The molecule has 0 aliphatic heterocycles. The zero-order valence-corrected chi connectivity index (χ0v) is 12.8. The van der Waals surface area contributed by atoms with Crippen molar-refractivity contribution in [3.05, 3.63) is 34.4 Å². The molecule has 8 heteroatoms. The Morgan fingerprint density at radius 2 is 1.71 bits per heavy atom. The maximum absolute atomic E-state index is 12.7. The van der Waals surface area contributed by atoms with Crippen molar-refractivity contribution in [3.8, 4) is 11.5 Å². The number of ether oxygens (including phenoxy) is 1. The smallest absolute Gasteiger partial charge is 0.196 e. The number of carbonyl (C=O) groups is 2. The largest absolute Gasteiger partial charge is 0.507 e. The Morgan fingerprint density at radius 3 is 2.29 bits per heavy atom. The molecule has 2 aliphatic rings. The van der Waals surface area contributed by atoms with E-state index in [9.17, 15) is 35.1 Å². The van der Waals surface area contributed by atoms with Crippen LogP contribution in [0.4, 0.5) is 0 Å². The summed E-state index contributed by atoms with van der Waals surface area (Å²) in [4.78, 5) is 25.4. The first-order valence-electron chi connectivity index (χ1n) is 7.14. The van der Waals surface area contributed by atoms with Gasteiger partial charge in [0.1, 0.15) is 35.4 Å². The molecule has 0 aromatic heterocycles. The molecule has 1 aromatic rings. The number of aromatic hydroxyl groups is 1. The van der Waals surface area contributed by atoms with Gasteiger partial charge in [0.15, 0.2) is 11.6 Å². The lowest BCUT2D eigenvalue weighted by atomic mass is 9.68. The first-order valence-corrected chi connectivity index (χ1v) is 7.14. The number of Topliss-reactive ketones (excluding diaryl/α,β-unsaturated/α-hetero) is 2. The summed E-state index contributed by atoms with van der Waals surface area (Å²) >= 11 is 0. The second-order valence-electron chi connectivity index (χ2n) is 6.07. The molecule has 0 heterocycles. The standard InChI is InChI=1S/C16H16O8/c1-16(23)14(21)10-9(13(20)15(16)22)12(19)8-6(11(10)18)3-5(24-2)4-7(8)17/h3-4,13-15,17,20-23H,1-2H3/t13?,14?,15?,16-/m0/s1. The molecule has 4 atom stereocenters. The summed E-state index contributed by atoms with van der Waals surface area (Å²) in [5.74, 6) is -2.15. The second-order valence-corrected chi connectivity index (χ2v) is 6.07. The number of aliphatic hydroxyl groups excluding tert-OH is 3. The van der Waals surface area contributed by atoms with Gasteiger partial charge in [0, 0.05) is 22.8 Å². The van der Waals surface area contributed by atoms with Crippen LogP contribution >= 0.6 is 0 Å². The van der Waals surface area contributed by atoms with Crippen molar-refractivity contribution in [1.29, 1.82) is 0 Å². The fraction of sp³-hybridized carbons (Fsp3) is 0.375. The van der Waals surface area contributed by atoms with E-state index in [0.29, 0.717) is 0 Å². The maximum atomic E-state index is 12.7. The van der Waals surface area contributed by atoms with Gasteiger partial charge in [-0.15, -0.1) is 0 Å². The molecule has 0 spiro atoms. The number of phenolic OH excluding ortho intramolecular Hbond substituents is 1. The molecule has 8 nitrogen and oxygen atoms in total. The number of aliphatic hydroxyl groups is 4. The lowest BCUT2D eigenvalue weighted by molar-refractivity contribution is -0.158. The lowest BCUT2D eigenvalue weighted by Crippen LogP contribution is -2.61. The summed E-state index contributed by atoms with van der Waals surface area (Å²) in [5, 5.41) is 50.7. The van der Waals surface area contributed by atoms with Crippen molar-refractivity contribution in [1.82, 2.24) is 0 Å². The van der Waals surface area contributed by atoms with Gasteiger partial charge in [-0.1, -0.05) is 0 Å². The maximum Gasteiger partial charge on any atom is 0.196 e. The van der Waals surface area contributed by atoms with Crippen molar-refractivity contribution in [2.45, 2.75) is 30.8 Å². The van der Waals surface area contributed by atoms with E-state index in [4.69, 9.17) is 4.74 Å². The molecule has 0 saturated carbocycles. The van der Waals surface area contributed by atoms with Crippen LogP contribution in [0.25, 0.3) is 0 Å². The lowest BCUT2D eigenvalue weighted by Gasteiger charge is -2.43. The average molecular weight is 336 g/mol. The van der Waals surface area contributed by atoms with E-state index >= 15 is 0 Å². The molecule has 0 fully saturated rings. The second kappa shape index (κ2) is 5.12. The van der Waals surface area contributed by atoms with Crippen molar-refractivity contribution in [3.63, 3.8) is 0 Å². The van der Waals surface area contributed by atoms with Crippen molar-refractivity contribution in [2.75, 3.05) is 7.11 Å². The molecule has 3 rings (SSSR count). The van der Waals surface area contributed by atoms with Gasteiger partial charge in [-0.25, -0.2) is 0 Å². The van der Waals surface area contributed by atoms with Gasteiger partial charge in [-0.05, 0) is 13.0 Å². The highest BCUT2D eigenvalue weighted by molar-refractivity contribution is 6.29. The van der Waals surface area contributed by atoms with E-state index in [1.807, 2.05) is 0 Å². The van der Waals surface area contributed by atoms with E-state index in [0.717, 1.165) is 13.0 Å².